The summed E-state index contributed by atoms with van der Waals surface area (Å²) < 4.78 is 10.6. The molecule has 0 N–H and O–H groups in total. The summed E-state index contributed by atoms with van der Waals surface area (Å²) in [6, 6.07) is -0.316. The van der Waals surface area contributed by atoms with Gasteiger partial charge < -0.3 is 9.47 Å². The van der Waals surface area contributed by atoms with E-state index in [-0.39, 0.29) is 6.04 Å². The molecule has 1 heterocycles. The van der Waals surface area contributed by atoms with E-state index < -0.39 is 0 Å². The number of aromatic nitrogens is 2. The Balaban J connectivity index is 3.01. The van der Waals surface area contributed by atoms with Crippen molar-refractivity contribution in [2.75, 3.05) is 14.2 Å². The summed E-state index contributed by atoms with van der Waals surface area (Å²) in [6.07, 6.45) is 5.22. The van der Waals surface area contributed by atoms with E-state index in [0.29, 0.717) is 30.3 Å². The molecule has 21 heavy (non-hydrogen) atoms. The third kappa shape index (κ3) is 4.95. The lowest BCUT2D eigenvalue weighted by Crippen LogP contribution is -2.12. The molecule has 0 spiro atoms. The summed E-state index contributed by atoms with van der Waals surface area (Å²) in [5, 5.41) is 3.10. The number of rotatable bonds is 10. The molecule has 0 aliphatic carbocycles. The van der Waals surface area contributed by atoms with E-state index in [1.807, 2.05) is 6.92 Å². The van der Waals surface area contributed by atoms with Gasteiger partial charge in [-0.1, -0.05) is 31.9 Å². The van der Waals surface area contributed by atoms with Crippen LogP contribution < -0.4 is 9.47 Å². The van der Waals surface area contributed by atoms with Gasteiger partial charge in [-0.15, -0.1) is 0 Å². The highest BCUT2D eigenvalue weighted by atomic mass is 16.5. The highest BCUT2D eigenvalue weighted by molar-refractivity contribution is 5.29. The molecule has 118 valence electrons. The van der Waals surface area contributed by atoms with Crippen LogP contribution in [0, 0.1) is 4.91 Å². The molecule has 0 fully saturated rings. The van der Waals surface area contributed by atoms with Crippen LogP contribution in [0.4, 0.5) is 0 Å². The van der Waals surface area contributed by atoms with Gasteiger partial charge in [-0.05, 0) is 19.3 Å². The normalized spacial score (nSPS) is 12.0. The Hall–Kier alpha value is -1.72. The predicted octanol–water partition coefficient (Wildman–Crippen LogP) is 3.31. The van der Waals surface area contributed by atoms with E-state index in [0.717, 1.165) is 31.4 Å². The average Bonchev–Trinajstić information content (AvgIpc) is 2.52. The van der Waals surface area contributed by atoms with Gasteiger partial charge in [0, 0.05) is 6.42 Å². The lowest BCUT2D eigenvalue weighted by Gasteiger charge is -2.13. The van der Waals surface area contributed by atoms with Gasteiger partial charge in [0.1, 0.15) is 11.4 Å². The number of methoxy groups -OCH3 is 2. The van der Waals surface area contributed by atoms with Gasteiger partial charge >= 0.3 is 0 Å². The third-order valence-corrected chi connectivity index (χ3v) is 3.42. The summed E-state index contributed by atoms with van der Waals surface area (Å²) in [4.78, 5) is 19.7. The molecular weight excluding hydrogens is 270 g/mol. The van der Waals surface area contributed by atoms with E-state index in [2.05, 4.69) is 22.1 Å². The van der Waals surface area contributed by atoms with Crippen LogP contribution in [0.5, 0.6) is 11.8 Å². The summed E-state index contributed by atoms with van der Waals surface area (Å²) in [6.45, 7) is 4.08. The Morgan fingerprint density at radius 2 is 1.67 bits per heavy atom. The Kier molecular flexibility index (Phi) is 7.64. The van der Waals surface area contributed by atoms with Crippen LogP contribution in [0.25, 0.3) is 0 Å². The molecule has 1 aromatic rings. The number of nitroso groups, excluding NO2 is 1. The van der Waals surface area contributed by atoms with Crippen LogP contribution in [-0.4, -0.2) is 30.2 Å². The van der Waals surface area contributed by atoms with Crippen molar-refractivity contribution in [3.63, 3.8) is 0 Å². The molecule has 0 radical (unpaired) electrons. The topological polar surface area (TPSA) is 73.7 Å². The average molecular weight is 295 g/mol. The SMILES string of the molecule is CCCCCc1nc(OC)c(CC(CC)N=O)nc1OC. The minimum atomic E-state index is -0.316. The highest BCUT2D eigenvalue weighted by Gasteiger charge is 2.18. The van der Waals surface area contributed by atoms with Crippen LogP contribution in [0.15, 0.2) is 5.18 Å². The quantitative estimate of drug-likeness (QED) is 0.489. The number of ether oxygens (including phenoxy) is 2. The monoisotopic (exact) mass is 295 g/mol. The van der Waals surface area contributed by atoms with Crippen molar-refractivity contribution in [1.29, 1.82) is 0 Å². The number of nitrogens with zero attached hydrogens (tertiary/aromatic N) is 3. The molecule has 0 amide bonds. The molecular formula is C15H25N3O3. The molecule has 1 rings (SSSR count). The lowest BCUT2D eigenvalue weighted by molar-refractivity contribution is 0.359. The number of aryl methyl sites for hydroxylation is 1. The number of hydrogen-bond acceptors (Lipinski definition) is 6. The van der Waals surface area contributed by atoms with Crippen LogP contribution >= 0.6 is 0 Å². The smallest absolute Gasteiger partial charge is 0.235 e. The summed E-state index contributed by atoms with van der Waals surface area (Å²) in [5.41, 5.74) is 1.43. The van der Waals surface area contributed by atoms with Gasteiger partial charge in [-0.2, -0.15) is 4.91 Å². The molecule has 1 aromatic heterocycles. The van der Waals surface area contributed by atoms with Crippen LogP contribution in [0.2, 0.25) is 0 Å². The van der Waals surface area contributed by atoms with Crippen molar-refractivity contribution < 1.29 is 9.47 Å². The fourth-order valence-corrected chi connectivity index (χ4v) is 2.11. The van der Waals surface area contributed by atoms with Crippen molar-refractivity contribution in [3.8, 4) is 11.8 Å². The standard InChI is InChI=1S/C15H25N3O3/c1-5-7-8-9-12-14(20-3)17-13(15(16-12)21-4)10-11(6-2)18-19/h11H,5-10H2,1-4H3. The molecule has 1 atom stereocenters. The van der Waals surface area contributed by atoms with Gasteiger partial charge in [0.2, 0.25) is 11.8 Å². The fraction of sp³-hybridized carbons (Fsp3) is 0.733. The van der Waals surface area contributed by atoms with E-state index in [1.54, 1.807) is 14.2 Å². The van der Waals surface area contributed by atoms with Gasteiger partial charge in [-0.25, -0.2) is 9.97 Å². The maximum absolute atomic E-state index is 10.8. The third-order valence-electron chi connectivity index (χ3n) is 3.42. The largest absolute Gasteiger partial charge is 0.480 e. The minimum Gasteiger partial charge on any atom is -0.480 e. The summed E-state index contributed by atoms with van der Waals surface area (Å²) >= 11 is 0. The second kappa shape index (κ2) is 9.26. The second-order valence-corrected chi connectivity index (χ2v) is 4.96. The molecule has 6 nitrogen and oxygen atoms in total. The van der Waals surface area contributed by atoms with Crippen molar-refractivity contribution >= 4 is 0 Å². The van der Waals surface area contributed by atoms with E-state index >= 15 is 0 Å². The molecule has 0 saturated carbocycles. The molecule has 0 bridgehead atoms. The zero-order valence-electron chi connectivity index (χ0n) is 13.4. The first-order chi connectivity index (χ1) is 10.2. The fourth-order valence-electron chi connectivity index (χ4n) is 2.11. The van der Waals surface area contributed by atoms with E-state index in [1.165, 1.54) is 0 Å². The van der Waals surface area contributed by atoms with Crippen molar-refractivity contribution in [1.82, 2.24) is 9.97 Å². The molecule has 0 aliphatic rings. The van der Waals surface area contributed by atoms with Gasteiger partial charge in [0.25, 0.3) is 0 Å². The lowest BCUT2D eigenvalue weighted by atomic mass is 10.1. The van der Waals surface area contributed by atoms with E-state index in [9.17, 15) is 4.91 Å². The Morgan fingerprint density at radius 3 is 2.19 bits per heavy atom. The second-order valence-electron chi connectivity index (χ2n) is 4.96. The highest BCUT2D eigenvalue weighted by Crippen LogP contribution is 2.24. The summed E-state index contributed by atoms with van der Waals surface area (Å²) in [7, 11) is 3.14. The first-order valence-corrected chi connectivity index (χ1v) is 7.50. The molecule has 6 heteroatoms. The van der Waals surface area contributed by atoms with Gasteiger partial charge in [-0.3, -0.25) is 0 Å². The van der Waals surface area contributed by atoms with Crippen molar-refractivity contribution in [2.24, 2.45) is 5.18 Å². The number of hydrogen-bond donors (Lipinski definition) is 0. The molecule has 0 aliphatic heterocycles. The minimum absolute atomic E-state index is 0.316. The van der Waals surface area contributed by atoms with E-state index in [4.69, 9.17) is 9.47 Å². The Bertz CT molecular complexity index is 452. The van der Waals surface area contributed by atoms with Crippen molar-refractivity contribution in [3.05, 3.63) is 16.3 Å². The van der Waals surface area contributed by atoms with Gasteiger partial charge in [0.15, 0.2) is 0 Å². The number of unbranched alkanes of at least 4 members (excludes halogenated alkanes) is 2. The molecule has 1 unspecified atom stereocenters. The Morgan fingerprint density at radius 1 is 1.05 bits per heavy atom. The molecule has 0 saturated heterocycles. The van der Waals surface area contributed by atoms with Gasteiger partial charge in [0.05, 0.1) is 20.3 Å². The van der Waals surface area contributed by atoms with Crippen LogP contribution in [0.1, 0.15) is 50.9 Å². The zero-order valence-corrected chi connectivity index (χ0v) is 13.4. The van der Waals surface area contributed by atoms with Crippen LogP contribution in [0.3, 0.4) is 0 Å². The predicted molar refractivity (Wildman–Crippen MR) is 81.9 cm³/mol. The zero-order chi connectivity index (χ0) is 15.7. The maximum atomic E-state index is 10.8. The first-order valence-electron chi connectivity index (χ1n) is 7.50. The Labute approximate surface area is 126 Å². The maximum Gasteiger partial charge on any atom is 0.235 e. The molecule has 0 aromatic carbocycles. The summed E-state index contributed by atoms with van der Waals surface area (Å²) in [5.74, 6) is 0.979. The van der Waals surface area contributed by atoms with Crippen molar-refractivity contribution in [2.45, 2.75) is 58.4 Å². The van der Waals surface area contributed by atoms with Crippen LogP contribution in [-0.2, 0) is 12.8 Å². The first kappa shape index (κ1) is 17.3.